The summed E-state index contributed by atoms with van der Waals surface area (Å²) in [7, 11) is 0. The van der Waals surface area contributed by atoms with E-state index >= 15 is 0 Å². The van der Waals surface area contributed by atoms with Crippen molar-refractivity contribution >= 4 is 29.5 Å². The molecular formula is C11H10OS2. The molecular weight excluding hydrogens is 212 g/mol. The third-order valence-electron chi connectivity index (χ3n) is 1.45. The van der Waals surface area contributed by atoms with Crippen LogP contribution < -0.4 is 0 Å². The van der Waals surface area contributed by atoms with E-state index in [1.165, 1.54) is 11.8 Å². The molecule has 0 radical (unpaired) electrons. The van der Waals surface area contributed by atoms with Crippen LogP contribution in [0.5, 0.6) is 0 Å². The number of thioether (sulfide) groups is 1. The Balaban J connectivity index is 2.51. The molecule has 1 aromatic rings. The predicted octanol–water partition coefficient (Wildman–Crippen LogP) is 2.61. The normalized spacial score (nSPS) is 9.00. The van der Waals surface area contributed by atoms with Crippen LogP contribution in [0.2, 0.25) is 0 Å². The molecule has 0 unspecified atom stereocenters. The van der Waals surface area contributed by atoms with Gasteiger partial charge in [-0.15, -0.1) is 12.6 Å². The van der Waals surface area contributed by atoms with Crippen LogP contribution in [0.4, 0.5) is 0 Å². The third-order valence-corrected chi connectivity index (χ3v) is 2.44. The number of thiol groups is 1. The molecule has 0 aliphatic heterocycles. The molecule has 0 heterocycles. The first-order valence-electron chi connectivity index (χ1n) is 4.10. The van der Waals surface area contributed by atoms with Crippen molar-refractivity contribution in [2.75, 3.05) is 5.75 Å². The summed E-state index contributed by atoms with van der Waals surface area (Å²) in [6, 6.07) is 7.61. The second kappa shape index (κ2) is 5.79. The van der Waals surface area contributed by atoms with Gasteiger partial charge in [0.2, 0.25) is 0 Å². The van der Waals surface area contributed by atoms with E-state index in [1.807, 2.05) is 24.3 Å². The van der Waals surface area contributed by atoms with Crippen molar-refractivity contribution in [3.05, 3.63) is 29.8 Å². The lowest BCUT2D eigenvalue weighted by atomic mass is 10.2. The average molecular weight is 222 g/mol. The number of carbonyl (C=O) groups excluding carboxylic acids is 1. The Hall–Kier alpha value is -0.850. The van der Waals surface area contributed by atoms with E-state index in [4.69, 9.17) is 0 Å². The summed E-state index contributed by atoms with van der Waals surface area (Å²) in [5.41, 5.74) is 0.951. The summed E-state index contributed by atoms with van der Waals surface area (Å²) in [5.74, 6) is 6.44. The van der Waals surface area contributed by atoms with E-state index < -0.39 is 0 Å². The number of hydrogen-bond acceptors (Lipinski definition) is 3. The quantitative estimate of drug-likeness (QED) is 0.581. The summed E-state index contributed by atoms with van der Waals surface area (Å²) < 4.78 is 0. The standard InChI is InChI=1S/C11H10OS2/c1-9(12)14-8-2-3-10-4-6-11(13)7-5-10/h4-7,13H,8H2,1H3. The van der Waals surface area contributed by atoms with Crippen LogP contribution in [0.1, 0.15) is 12.5 Å². The summed E-state index contributed by atoms with van der Waals surface area (Å²) in [5, 5.41) is 0.102. The monoisotopic (exact) mass is 222 g/mol. The largest absolute Gasteiger partial charge is 0.288 e. The highest BCUT2D eigenvalue weighted by Crippen LogP contribution is 2.06. The molecule has 0 atom stereocenters. The van der Waals surface area contributed by atoms with E-state index in [0.717, 1.165) is 10.5 Å². The van der Waals surface area contributed by atoms with Crippen LogP contribution in [-0.4, -0.2) is 10.9 Å². The minimum absolute atomic E-state index is 0.102. The molecule has 0 bridgehead atoms. The molecule has 1 rings (SSSR count). The summed E-state index contributed by atoms with van der Waals surface area (Å²) >= 11 is 5.40. The summed E-state index contributed by atoms with van der Waals surface area (Å²) in [6.07, 6.45) is 0. The topological polar surface area (TPSA) is 17.1 Å². The Morgan fingerprint density at radius 2 is 2.07 bits per heavy atom. The average Bonchev–Trinajstić information content (AvgIpc) is 2.15. The lowest BCUT2D eigenvalue weighted by molar-refractivity contribution is -0.109. The predicted molar refractivity (Wildman–Crippen MR) is 63.7 cm³/mol. The maximum absolute atomic E-state index is 10.6. The highest BCUT2D eigenvalue weighted by atomic mass is 32.2. The van der Waals surface area contributed by atoms with Gasteiger partial charge in [0.15, 0.2) is 5.12 Å². The zero-order valence-corrected chi connectivity index (χ0v) is 9.49. The first kappa shape index (κ1) is 11.2. The van der Waals surface area contributed by atoms with E-state index in [-0.39, 0.29) is 5.12 Å². The van der Waals surface area contributed by atoms with Gasteiger partial charge in [-0.3, -0.25) is 4.79 Å². The molecule has 0 aliphatic carbocycles. The second-order valence-corrected chi connectivity index (χ2v) is 4.30. The fraction of sp³-hybridized carbons (Fsp3) is 0.182. The molecule has 0 spiro atoms. The van der Waals surface area contributed by atoms with E-state index in [2.05, 4.69) is 24.5 Å². The van der Waals surface area contributed by atoms with Crippen LogP contribution in [0.15, 0.2) is 29.2 Å². The van der Waals surface area contributed by atoms with Crippen molar-refractivity contribution in [2.45, 2.75) is 11.8 Å². The van der Waals surface area contributed by atoms with E-state index in [0.29, 0.717) is 5.75 Å². The van der Waals surface area contributed by atoms with E-state index in [9.17, 15) is 4.79 Å². The maximum Gasteiger partial charge on any atom is 0.186 e. The Bertz CT molecular complexity index is 371. The van der Waals surface area contributed by atoms with Crippen molar-refractivity contribution in [1.82, 2.24) is 0 Å². The SMILES string of the molecule is CC(=O)SCC#Cc1ccc(S)cc1. The summed E-state index contributed by atoms with van der Waals surface area (Å²) in [4.78, 5) is 11.5. The molecule has 0 aliphatic rings. The molecule has 0 saturated heterocycles. The Labute approximate surface area is 93.7 Å². The van der Waals surface area contributed by atoms with Gasteiger partial charge in [-0.05, 0) is 24.3 Å². The van der Waals surface area contributed by atoms with Crippen LogP contribution in [-0.2, 0) is 4.79 Å². The fourth-order valence-electron chi connectivity index (χ4n) is 0.821. The second-order valence-electron chi connectivity index (χ2n) is 2.63. The molecule has 1 aromatic carbocycles. The number of hydrogen-bond donors (Lipinski definition) is 1. The molecule has 0 aromatic heterocycles. The summed E-state index contributed by atoms with van der Waals surface area (Å²) in [6.45, 7) is 1.54. The molecule has 1 nitrogen and oxygen atoms in total. The zero-order valence-electron chi connectivity index (χ0n) is 7.78. The minimum atomic E-state index is 0.102. The van der Waals surface area contributed by atoms with Crippen molar-refractivity contribution < 1.29 is 4.79 Å². The van der Waals surface area contributed by atoms with Gasteiger partial charge in [-0.1, -0.05) is 23.6 Å². The van der Waals surface area contributed by atoms with Gasteiger partial charge in [0.1, 0.15) is 0 Å². The molecule has 0 amide bonds. The number of carbonyl (C=O) groups is 1. The highest BCUT2D eigenvalue weighted by Gasteiger charge is 1.89. The smallest absolute Gasteiger partial charge is 0.186 e. The van der Waals surface area contributed by atoms with Crippen LogP contribution >= 0.6 is 24.4 Å². The molecule has 3 heteroatoms. The van der Waals surface area contributed by atoms with Crippen LogP contribution in [0, 0.1) is 11.8 Å². The van der Waals surface area contributed by atoms with Gasteiger partial charge in [0, 0.05) is 17.4 Å². The number of benzene rings is 1. The lowest BCUT2D eigenvalue weighted by Crippen LogP contribution is -1.82. The Morgan fingerprint density at radius 1 is 1.43 bits per heavy atom. The fourth-order valence-corrected chi connectivity index (χ4v) is 1.32. The first-order valence-corrected chi connectivity index (χ1v) is 5.53. The minimum Gasteiger partial charge on any atom is -0.288 e. The third kappa shape index (κ3) is 4.40. The molecule has 0 N–H and O–H groups in total. The van der Waals surface area contributed by atoms with Gasteiger partial charge >= 0.3 is 0 Å². The zero-order chi connectivity index (χ0) is 10.4. The molecule has 0 saturated carbocycles. The Kier molecular flexibility index (Phi) is 4.64. The van der Waals surface area contributed by atoms with Gasteiger partial charge in [0.05, 0.1) is 5.75 Å². The van der Waals surface area contributed by atoms with Crippen molar-refractivity contribution in [2.24, 2.45) is 0 Å². The molecule has 0 fully saturated rings. The molecule has 72 valence electrons. The van der Waals surface area contributed by atoms with Gasteiger partial charge in [-0.25, -0.2) is 0 Å². The lowest BCUT2D eigenvalue weighted by Gasteiger charge is -1.90. The number of rotatable bonds is 1. The molecule has 14 heavy (non-hydrogen) atoms. The van der Waals surface area contributed by atoms with Gasteiger partial charge in [0.25, 0.3) is 0 Å². The van der Waals surface area contributed by atoms with Crippen molar-refractivity contribution in [3.63, 3.8) is 0 Å². The Morgan fingerprint density at radius 3 is 2.64 bits per heavy atom. The van der Waals surface area contributed by atoms with Gasteiger partial charge < -0.3 is 0 Å². The van der Waals surface area contributed by atoms with E-state index in [1.54, 1.807) is 6.92 Å². The van der Waals surface area contributed by atoms with Gasteiger partial charge in [-0.2, -0.15) is 0 Å². The van der Waals surface area contributed by atoms with Crippen LogP contribution in [0.3, 0.4) is 0 Å². The van der Waals surface area contributed by atoms with Crippen LogP contribution in [0.25, 0.3) is 0 Å². The maximum atomic E-state index is 10.6. The van der Waals surface area contributed by atoms with Crippen molar-refractivity contribution in [1.29, 1.82) is 0 Å². The van der Waals surface area contributed by atoms with Crippen molar-refractivity contribution in [3.8, 4) is 11.8 Å². The highest BCUT2D eigenvalue weighted by molar-refractivity contribution is 8.13. The first-order chi connectivity index (χ1) is 6.68.